The lowest BCUT2D eigenvalue weighted by Gasteiger charge is -2.18. The van der Waals surface area contributed by atoms with E-state index in [0.717, 1.165) is 11.1 Å². The fourth-order valence-corrected chi connectivity index (χ4v) is 2.73. The van der Waals surface area contributed by atoms with Crippen LogP contribution in [0, 0.1) is 0 Å². The largest absolute Gasteiger partial charge is 0.490 e. The number of ether oxygens (including phenoxy) is 1. The Morgan fingerprint density at radius 1 is 0.960 bits per heavy atom. The van der Waals surface area contributed by atoms with Gasteiger partial charge < -0.3 is 10.1 Å². The number of benzene rings is 2. The SMILES string of the molecule is CCOc1cccnc1NC(=O)C(c1ccccc1)c1ccccc1. The number of nitrogens with zero attached hydrogens (tertiary/aromatic N) is 1. The molecule has 0 saturated heterocycles. The predicted molar refractivity (Wildman–Crippen MR) is 98.8 cm³/mol. The van der Waals surface area contributed by atoms with E-state index in [-0.39, 0.29) is 5.91 Å². The Labute approximate surface area is 147 Å². The van der Waals surface area contributed by atoms with Crippen molar-refractivity contribution >= 4 is 11.7 Å². The Hall–Kier alpha value is -3.14. The van der Waals surface area contributed by atoms with E-state index in [0.29, 0.717) is 18.2 Å². The second kappa shape index (κ2) is 8.11. The van der Waals surface area contributed by atoms with Crippen LogP contribution in [-0.2, 0) is 4.79 Å². The van der Waals surface area contributed by atoms with Gasteiger partial charge in [-0.05, 0) is 30.2 Å². The summed E-state index contributed by atoms with van der Waals surface area (Å²) in [5.41, 5.74) is 1.86. The molecule has 0 fully saturated rings. The van der Waals surface area contributed by atoms with Crippen molar-refractivity contribution in [3.05, 3.63) is 90.1 Å². The summed E-state index contributed by atoms with van der Waals surface area (Å²) in [6, 6.07) is 23.0. The first-order chi connectivity index (χ1) is 12.3. The summed E-state index contributed by atoms with van der Waals surface area (Å²) in [7, 11) is 0. The van der Waals surface area contributed by atoms with Crippen molar-refractivity contribution in [1.29, 1.82) is 0 Å². The van der Waals surface area contributed by atoms with E-state index >= 15 is 0 Å². The minimum absolute atomic E-state index is 0.142. The Morgan fingerprint density at radius 2 is 1.56 bits per heavy atom. The first kappa shape index (κ1) is 16.7. The molecule has 0 aliphatic carbocycles. The van der Waals surface area contributed by atoms with Crippen molar-refractivity contribution in [3.63, 3.8) is 0 Å². The van der Waals surface area contributed by atoms with Crippen LogP contribution in [-0.4, -0.2) is 17.5 Å². The third kappa shape index (κ3) is 4.04. The van der Waals surface area contributed by atoms with Crippen LogP contribution < -0.4 is 10.1 Å². The van der Waals surface area contributed by atoms with Gasteiger partial charge in [0.15, 0.2) is 11.6 Å². The van der Waals surface area contributed by atoms with E-state index in [9.17, 15) is 4.79 Å². The Kier molecular flexibility index (Phi) is 5.42. The Bertz CT molecular complexity index is 780. The standard InChI is InChI=1S/C21H20N2O2/c1-2-25-18-14-9-15-22-20(18)23-21(24)19(16-10-5-3-6-11-16)17-12-7-4-8-13-17/h3-15,19H,2H2,1H3,(H,22,23,24). The molecule has 0 aliphatic rings. The Morgan fingerprint density at radius 3 is 2.12 bits per heavy atom. The zero-order valence-corrected chi connectivity index (χ0v) is 14.1. The minimum Gasteiger partial charge on any atom is -0.490 e. The minimum atomic E-state index is -0.418. The van der Waals surface area contributed by atoms with Gasteiger partial charge in [-0.3, -0.25) is 4.79 Å². The molecule has 1 amide bonds. The second-order valence-electron chi connectivity index (χ2n) is 5.53. The average molecular weight is 332 g/mol. The van der Waals surface area contributed by atoms with E-state index in [4.69, 9.17) is 4.74 Å². The lowest BCUT2D eigenvalue weighted by Crippen LogP contribution is -2.23. The molecule has 1 aromatic heterocycles. The first-order valence-corrected chi connectivity index (χ1v) is 8.28. The van der Waals surface area contributed by atoms with Crippen LogP contribution >= 0.6 is 0 Å². The number of nitrogens with one attached hydrogen (secondary N) is 1. The summed E-state index contributed by atoms with van der Waals surface area (Å²) >= 11 is 0. The van der Waals surface area contributed by atoms with Crippen LogP contribution in [0.15, 0.2) is 79.0 Å². The third-order valence-electron chi connectivity index (χ3n) is 3.84. The van der Waals surface area contributed by atoms with E-state index < -0.39 is 5.92 Å². The molecular weight excluding hydrogens is 312 g/mol. The number of hydrogen-bond donors (Lipinski definition) is 1. The molecule has 4 nitrogen and oxygen atoms in total. The van der Waals surface area contributed by atoms with Crippen LogP contribution in [0.5, 0.6) is 5.75 Å². The highest BCUT2D eigenvalue weighted by Crippen LogP contribution is 2.28. The van der Waals surface area contributed by atoms with Crippen LogP contribution in [0.4, 0.5) is 5.82 Å². The zero-order chi connectivity index (χ0) is 17.5. The summed E-state index contributed by atoms with van der Waals surface area (Å²) < 4.78 is 5.55. The maximum Gasteiger partial charge on any atom is 0.237 e. The normalized spacial score (nSPS) is 10.5. The van der Waals surface area contributed by atoms with Crippen LogP contribution in [0.3, 0.4) is 0 Å². The van der Waals surface area contributed by atoms with E-state index in [2.05, 4.69) is 10.3 Å². The number of carbonyl (C=O) groups is 1. The first-order valence-electron chi connectivity index (χ1n) is 8.28. The van der Waals surface area contributed by atoms with E-state index in [1.54, 1.807) is 18.3 Å². The lowest BCUT2D eigenvalue weighted by atomic mass is 9.90. The topological polar surface area (TPSA) is 51.2 Å². The maximum absolute atomic E-state index is 13.1. The van der Waals surface area contributed by atoms with Gasteiger partial charge in [-0.1, -0.05) is 60.7 Å². The summed E-state index contributed by atoms with van der Waals surface area (Å²) in [6.45, 7) is 2.41. The lowest BCUT2D eigenvalue weighted by molar-refractivity contribution is -0.116. The number of aromatic nitrogens is 1. The number of anilines is 1. The molecule has 1 N–H and O–H groups in total. The van der Waals surface area contributed by atoms with Gasteiger partial charge in [0, 0.05) is 6.20 Å². The molecule has 25 heavy (non-hydrogen) atoms. The molecule has 1 heterocycles. The van der Waals surface area contributed by atoms with Crippen molar-refractivity contribution in [1.82, 2.24) is 4.98 Å². The molecule has 0 atom stereocenters. The fourth-order valence-electron chi connectivity index (χ4n) is 2.73. The van der Waals surface area contributed by atoms with Gasteiger partial charge in [0.1, 0.15) is 0 Å². The molecule has 0 spiro atoms. The van der Waals surface area contributed by atoms with Crippen LogP contribution in [0.25, 0.3) is 0 Å². The highest BCUT2D eigenvalue weighted by atomic mass is 16.5. The predicted octanol–water partition coefficient (Wildman–Crippen LogP) is 4.25. The molecule has 0 saturated carbocycles. The molecule has 2 aromatic carbocycles. The van der Waals surface area contributed by atoms with Crippen molar-refractivity contribution in [2.45, 2.75) is 12.8 Å². The molecule has 0 aliphatic heterocycles. The van der Waals surface area contributed by atoms with Crippen LogP contribution in [0.1, 0.15) is 24.0 Å². The molecule has 126 valence electrons. The van der Waals surface area contributed by atoms with Crippen molar-refractivity contribution in [3.8, 4) is 5.75 Å². The molecule has 3 aromatic rings. The molecule has 0 radical (unpaired) electrons. The Balaban J connectivity index is 1.93. The van der Waals surface area contributed by atoms with Gasteiger partial charge in [-0.2, -0.15) is 0 Å². The quantitative estimate of drug-likeness (QED) is 0.734. The van der Waals surface area contributed by atoms with Gasteiger partial charge in [0.2, 0.25) is 5.91 Å². The number of amides is 1. The number of carbonyl (C=O) groups excluding carboxylic acids is 1. The number of rotatable bonds is 6. The summed E-state index contributed by atoms with van der Waals surface area (Å²) in [5, 5.41) is 2.92. The second-order valence-corrected chi connectivity index (χ2v) is 5.53. The zero-order valence-electron chi connectivity index (χ0n) is 14.1. The van der Waals surface area contributed by atoms with E-state index in [1.807, 2.05) is 67.6 Å². The molecule has 3 rings (SSSR count). The van der Waals surface area contributed by atoms with Crippen molar-refractivity contribution in [2.75, 3.05) is 11.9 Å². The van der Waals surface area contributed by atoms with Gasteiger partial charge in [0.25, 0.3) is 0 Å². The highest BCUT2D eigenvalue weighted by molar-refractivity contribution is 5.98. The number of hydrogen-bond acceptors (Lipinski definition) is 3. The van der Waals surface area contributed by atoms with Crippen molar-refractivity contribution in [2.24, 2.45) is 0 Å². The molecule has 0 bridgehead atoms. The average Bonchev–Trinajstić information content (AvgIpc) is 2.65. The van der Waals surface area contributed by atoms with Gasteiger partial charge in [-0.15, -0.1) is 0 Å². The van der Waals surface area contributed by atoms with E-state index in [1.165, 1.54) is 0 Å². The maximum atomic E-state index is 13.1. The van der Waals surface area contributed by atoms with Crippen molar-refractivity contribution < 1.29 is 9.53 Å². The molecular formula is C21H20N2O2. The van der Waals surface area contributed by atoms with Gasteiger partial charge >= 0.3 is 0 Å². The number of pyridine rings is 1. The van der Waals surface area contributed by atoms with Gasteiger partial charge in [0.05, 0.1) is 12.5 Å². The highest BCUT2D eigenvalue weighted by Gasteiger charge is 2.23. The fraction of sp³-hybridized carbons (Fsp3) is 0.143. The molecule has 4 heteroatoms. The smallest absolute Gasteiger partial charge is 0.237 e. The summed E-state index contributed by atoms with van der Waals surface area (Å²) in [5.74, 6) is 0.445. The third-order valence-corrected chi connectivity index (χ3v) is 3.84. The molecule has 0 unspecified atom stereocenters. The monoisotopic (exact) mass is 332 g/mol. The van der Waals surface area contributed by atoms with Crippen LogP contribution in [0.2, 0.25) is 0 Å². The summed E-state index contributed by atoms with van der Waals surface area (Å²) in [4.78, 5) is 17.3. The van der Waals surface area contributed by atoms with Gasteiger partial charge in [-0.25, -0.2) is 4.98 Å². The summed E-state index contributed by atoms with van der Waals surface area (Å²) in [6.07, 6.45) is 1.64.